The minimum absolute atomic E-state index is 0.156. The molecule has 2 aromatic rings. The SMILES string of the molecule is Cc1ccc(S(=O)(=O)N2CCN(CC(=O)Nc3ccc(C(=O)NN)cc3)CC2)cc1. The Bertz CT molecular complexity index is 998. The van der Waals surface area contributed by atoms with Gasteiger partial charge in [0.15, 0.2) is 0 Å². The fourth-order valence-corrected chi connectivity index (χ4v) is 4.60. The van der Waals surface area contributed by atoms with Gasteiger partial charge in [-0.25, -0.2) is 14.3 Å². The Hall–Kier alpha value is -2.79. The van der Waals surface area contributed by atoms with E-state index in [1.165, 1.54) is 4.31 Å². The molecule has 4 N–H and O–H groups in total. The first-order chi connectivity index (χ1) is 14.3. The van der Waals surface area contributed by atoms with E-state index in [0.29, 0.717) is 37.4 Å². The van der Waals surface area contributed by atoms with Gasteiger partial charge in [0.25, 0.3) is 5.91 Å². The van der Waals surface area contributed by atoms with E-state index in [2.05, 4.69) is 5.32 Å². The highest BCUT2D eigenvalue weighted by Crippen LogP contribution is 2.18. The number of nitrogens with two attached hydrogens (primary N) is 1. The molecule has 0 saturated carbocycles. The predicted molar refractivity (Wildman–Crippen MR) is 113 cm³/mol. The van der Waals surface area contributed by atoms with Crippen molar-refractivity contribution >= 4 is 27.5 Å². The molecular weight excluding hydrogens is 406 g/mol. The summed E-state index contributed by atoms with van der Waals surface area (Å²) in [5, 5.41) is 2.77. The van der Waals surface area contributed by atoms with Gasteiger partial charge in [0.05, 0.1) is 11.4 Å². The van der Waals surface area contributed by atoms with E-state index in [1.807, 2.05) is 17.2 Å². The minimum atomic E-state index is -3.53. The van der Waals surface area contributed by atoms with Crippen molar-refractivity contribution in [3.63, 3.8) is 0 Å². The van der Waals surface area contributed by atoms with Crippen molar-refractivity contribution in [1.29, 1.82) is 0 Å². The number of hydrazine groups is 1. The highest BCUT2D eigenvalue weighted by atomic mass is 32.2. The Kier molecular flexibility index (Phi) is 6.83. The van der Waals surface area contributed by atoms with Gasteiger partial charge >= 0.3 is 0 Å². The number of hydrogen-bond donors (Lipinski definition) is 3. The van der Waals surface area contributed by atoms with Crippen molar-refractivity contribution in [2.75, 3.05) is 38.0 Å². The Balaban J connectivity index is 1.51. The topological polar surface area (TPSA) is 125 Å². The summed E-state index contributed by atoms with van der Waals surface area (Å²) >= 11 is 0. The fraction of sp³-hybridized carbons (Fsp3) is 0.300. The number of carbonyl (C=O) groups is 2. The molecular formula is C20H25N5O4S. The number of carbonyl (C=O) groups excluding carboxylic acids is 2. The maximum atomic E-state index is 12.8. The first-order valence-electron chi connectivity index (χ1n) is 9.49. The first-order valence-corrected chi connectivity index (χ1v) is 10.9. The van der Waals surface area contributed by atoms with Crippen LogP contribution in [0.4, 0.5) is 5.69 Å². The monoisotopic (exact) mass is 431 g/mol. The van der Waals surface area contributed by atoms with Crippen LogP contribution in [0.5, 0.6) is 0 Å². The van der Waals surface area contributed by atoms with Gasteiger partial charge in [0.1, 0.15) is 0 Å². The number of hydrogen-bond acceptors (Lipinski definition) is 6. The summed E-state index contributed by atoms with van der Waals surface area (Å²) in [5.74, 6) is 4.47. The smallest absolute Gasteiger partial charge is 0.265 e. The Morgan fingerprint density at radius 2 is 1.57 bits per heavy atom. The number of nitrogens with zero attached hydrogens (tertiary/aromatic N) is 2. The molecule has 0 radical (unpaired) electrons. The van der Waals surface area contributed by atoms with Crippen LogP contribution in [0.25, 0.3) is 0 Å². The third-order valence-electron chi connectivity index (χ3n) is 4.92. The fourth-order valence-electron chi connectivity index (χ4n) is 3.18. The van der Waals surface area contributed by atoms with Gasteiger partial charge in [-0.2, -0.15) is 4.31 Å². The molecule has 1 aliphatic heterocycles. The largest absolute Gasteiger partial charge is 0.325 e. The lowest BCUT2D eigenvalue weighted by Crippen LogP contribution is -2.50. The second-order valence-electron chi connectivity index (χ2n) is 7.09. The van der Waals surface area contributed by atoms with E-state index >= 15 is 0 Å². The number of nitrogens with one attached hydrogen (secondary N) is 2. The summed E-state index contributed by atoms with van der Waals surface area (Å²) in [6.45, 7) is 3.65. The van der Waals surface area contributed by atoms with Crippen LogP contribution < -0.4 is 16.6 Å². The van der Waals surface area contributed by atoms with E-state index in [4.69, 9.17) is 5.84 Å². The molecule has 9 nitrogen and oxygen atoms in total. The number of sulfonamides is 1. The molecule has 2 aromatic carbocycles. The predicted octanol–water partition coefficient (Wildman–Crippen LogP) is 0.544. The van der Waals surface area contributed by atoms with E-state index in [9.17, 15) is 18.0 Å². The average molecular weight is 432 g/mol. The van der Waals surface area contributed by atoms with Crippen LogP contribution in [-0.2, 0) is 14.8 Å². The molecule has 2 amide bonds. The lowest BCUT2D eigenvalue weighted by Gasteiger charge is -2.33. The van der Waals surface area contributed by atoms with E-state index in [1.54, 1.807) is 48.5 Å². The zero-order valence-electron chi connectivity index (χ0n) is 16.7. The van der Waals surface area contributed by atoms with Crippen LogP contribution in [0.2, 0.25) is 0 Å². The molecule has 0 aromatic heterocycles. The van der Waals surface area contributed by atoms with Gasteiger partial charge < -0.3 is 5.32 Å². The van der Waals surface area contributed by atoms with Crippen molar-refractivity contribution in [2.45, 2.75) is 11.8 Å². The van der Waals surface area contributed by atoms with E-state index < -0.39 is 15.9 Å². The Morgan fingerprint density at radius 3 is 2.13 bits per heavy atom. The maximum Gasteiger partial charge on any atom is 0.265 e. The molecule has 10 heteroatoms. The lowest BCUT2D eigenvalue weighted by molar-refractivity contribution is -0.117. The Morgan fingerprint density at radius 1 is 0.967 bits per heavy atom. The van der Waals surface area contributed by atoms with Crippen LogP contribution in [0.15, 0.2) is 53.4 Å². The van der Waals surface area contributed by atoms with Gasteiger partial charge in [-0.05, 0) is 43.3 Å². The molecule has 0 atom stereocenters. The summed E-state index contributed by atoms with van der Waals surface area (Å²) in [6, 6.07) is 13.2. The summed E-state index contributed by atoms with van der Waals surface area (Å²) in [4.78, 5) is 25.9. The average Bonchev–Trinajstić information content (AvgIpc) is 2.74. The molecule has 1 aliphatic rings. The molecule has 0 spiro atoms. The minimum Gasteiger partial charge on any atom is -0.325 e. The van der Waals surface area contributed by atoms with Gasteiger partial charge in [0, 0.05) is 37.4 Å². The van der Waals surface area contributed by atoms with Crippen LogP contribution >= 0.6 is 0 Å². The van der Waals surface area contributed by atoms with Crippen LogP contribution in [0, 0.1) is 6.92 Å². The highest BCUT2D eigenvalue weighted by Gasteiger charge is 2.29. The number of rotatable bonds is 6. The number of piperazine rings is 1. The second kappa shape index (κ2) is 9.35. The van der Waals surface area contributed by atoms with Gasteiger partial charge in [0.2, 0.25) is 15.9 Å². The third-order valence-corrected chi connectivity index (χ3v) is 6.83. The first kappa shape index (κ1) is 21.9. The number of amides is 2. The number of anilines is 1. The molecule has 0 unspecified atom stereocenters. The zero-order valence-corrected chi connectivity index (χ0v) is 17.5. The molecule has 160 valence electrons. The zero-order chi connectivity index (χ0) is 21.7. The quantitative estimate of drug-likeness (QED) is 0.348. The summed E-state index contributed by atoms with van der Waals surface area (Å²) in [5.41, 5.74) is 4.00. The molecule has 30 heavy (non-hydrogen) atoms. The normalized spacial score (nSPS) is 15.5. The third kappa shape index (κ3) is 5.22. The van der Waals surface area contributed by atoms with Gasteiger partial charge in [-0.15, -0.1) is 0 Å². The van der Waals surface area contributed by atoms with Crippen LogP contribution in [-0.4, -0.2) is 62.2 Å². The van der Waals surface area contributed by atoms with Crippen molar-refractivity contribution in [1.82, 2.24) is 14.6 Å². The summed E-state index contributed by atoms with van der Waals surface area (Å²) in [6.07, 6.45) is 0. The van der Waals surface area contributed by atoms with Gasteiger partial charge in [-0.1, -0.05) is 17.7 Å². The molecule has 1 heterocycles. The van der Waals surface area contributed by atoms with Crippen LogP contribution in [0.3, 0.4) is 0 Å². The highest BCUT2D eigenvalue weighted by molar-refractivity contribution is 7.89. The van der Waals surface area contributed by atoms with Gasteiger partial charge in [-0.3, -0.25) is 19.9 Å². The summed E-state index contributed by atoms with van der Waals surface area (Å²) in [7, 11) is -3.53. The lowest BCUT2D eigenvalue weighted by atomic mass is 10.2. The molecule has 0 aliphatic carbocycles. The molecule has 1 fully saturated rings. The maximum absolute atomic E-state index is 12.8. The summed E-state index contributed by atoms with van der Waals surface area (Å²) < 4.78 is 27.0. The van der Waals surface area contributed by atoms with E-state index in [-0.39, 0.29) is 17.3 Å². The Labute approximate surface area is 175 Å². The van der Waals surface area contributed by atoms with Crippen molar-refractivity contribution in [2.24, 2.45) is 5.84 Å². The van der Waals surface area contributed by atoms with Crippen molar-refractivity contribution in [3.8, 4) is 0 Å². The molecule has 3 rings (SSSR count). The number of nitrogen functional groups attached to an aromatic ring is 1. The molecule has 0 bridgehead atoms. The number of aryl methyl sites for hydroxylation is 1. The van der Waals surface area contributed by atoms with Crippen LogP contribution in [0.1, 0.15) is 15.9 Å². The standard InChI is InChI=1S/C20H25N5O4S/c1-15-2-8-18(9-3-15)30(28,29)25-12-10-24(11-13-25)14-19(26)22-17-6-4-16(5-7-17)20(27)23-21/h2-9H,10-14,21H2,1H3,(H,22,26)(H,23,27). The second-order valence-corrected chi connectivity index (χ2v) is 9.03. The van der Waals surface area contributed by atoms with Crippen molar-refractivity contribution in [3.05, 3.63) is 59.7 Å². The molecule has 1 saturated heterocycles. The van der Waals surface area contributed by atoms with Crippen molar-refractivity contribution < 1.29 is 18.0 Å². The number of benzene rings is 2. The van der Waals surface area contributed by atoms with E-state index in [0.717, 1.165) is 5.56 Å².